The number of aromatic nitrogens is 2. The maximum absolute atomic E-state index is 12.7. The SMILES string of the molecule is CSc1nc(C(C)F)cc(=O)[nH]1. The highest BCUT2D eigenvalue weighted by Crippen LogP contribution is 2.14. The Morgan fingerprint density at radius 1 is 1.75 bits per heavy atom. The number of thioether (sulfide) groups is 1. The van der Waals surface area contributed by atoms with Crippen LogP contribution in [0.1, 0.15) is 18.8 Å². The van der Waals surface area contributed by atoms with E-state index in [0.29, 0.717) is 5.16 Å². The molecule has 1 aromatic heterocycles. The molecule has 1 N–H and O–H groups in total. The molecule has 0 aliphatic carbocycles. The highest BCUT2D eigenvalue weighted by molar-refractivity contribution is 7.98. The molecule has 1 aromatic rings. The zero-order chi connectivity index (χ0) is 9.14. The predicted octanol–water partition coefficient (Wildman–Crippen LogP) is 1.52. The molecule has 5 heteroatoms. The normalized spacial score (nSPS) is 12.9. The number of hydrogen-bond acceptors (Lipinski definition) is 3. The molecule has 0 saturated carbocycles. The van der Waals surface area contributed by atoms with Crippen LogP contribution in [0.4, 0.5) is 4.39 Å². The molecule has 66 valence electrons. The van der Waals surface area contributed by atoms with Gasteiger partial charge in [-0.3, -0.25) is 4.79 Å². The lowest BCUT2D eigenvalue weighted by Crippen LogP contribution is -2.10. The van der Waals surface area contributed by atoms with E-state index in [-0.39, 0.29) is 11.3 Å². The Bertz CT molecular complexity index is 323. The molecule has 0 spiro atoms. The molecule has 0 radical (unpaired) electrons. The van der Waals surface area contributed by atoms with Crippen molar-refractivity contribution >= 4 is 11.8 Å². The molecular weight excluding hydrogens is 179 g/mol. The molecule has 0 aliphatic heterocycles. The monoisotopic (exact) mass is 188 g/mol. The standard InChI is InChI=1S/C7H9FN2OS/c1-4(8)5-3-6(11)10-7(9-5)12-2/h3-4H,1-2H3,(H,9,10,11). The van der Waals surface area contributed by atoms with Gasteiger partial charge in [0.25, 0.3) is 5.56 Å². The van der Waals surface area contributed by atoms with Crippen LogP contribution in [-0.2, 0) is 0 Å². The van der Waals surface area contributed by atoms with E-state index >= 15 is 0 Å². The first-order chi connectivity index (χ1) is 5.63. The summed E-state index contributed by atoms with van der Waals surface area (Å²) in [6.45, 7) is 1.35. The second kappa shape index (κ2) is 3.71. The Hall–Kier alpha value is -0.840. The van der Waals surface area contributed by atoms with Crippen molar-refractivity contribution in [3.8, 4) is 0 Å². The fraction of sp³-hybridized carbons (Fsp3) is 0.429. The van der Waals surface area contributed by atoms with E-state index in [0.717, 1.165) is 0 Å². The summed E-state index contributed by atoms with van der Waals surface area (Å²) >= 11 is 1.28. The minimum atomic E-state index is -1.20. The van der Waals surface area contributed by atoms with Crippen molar-refractivity contribution in [2.24, 2.45) is 0 Å². The summed E-state index contributed by atoms with van der Waals surface area (Å²) in [5, 5.41) is 0.446. The lowest BCUT2D eigenvalue weighted by molar-refractivity contribution is 0.362. The number of halogens is 1. The van der Waals surface area contributed by atoms with Gasteiger partial charge in [-0.25, -0.2) is 9.37 Å². The predicted molar refractivity (Wildman–Crippen MR) is 46.2 cm³/mol. The quantitative estimate of drug-likeness (QED) is 0.565. The first-order valence-electron chi connectivity index (χ1n) is 3.43. The second-order valence-electron chi connectivity index (χ2n) is 2.30. The molecule has 0 fully saturated rings. The summed E-state index contributed by atoms with van der Waals surface area (Å²) < 4.78 is 12.7. The van der Waals surface area contributed by atoms with Gasteiger partial charge in [-0.05, 0) is 13.2 Å². The van der Waals surface area contributed by atoms with Crippen LogP contribution in [0.2, 0.25) is 0 Å². The Labute approximate surface area is 73.4 Å². The summed E-state index contributed by atoms with van der Waals surface area (Å²) in [6.07, 6.45) is 0.573. The fourth-order valence-corrected chi connectivity index (χ4v) is 1.15. The number of aromatic amines is 1. The maximum atomic E-state index is 12.7. The molecule has 0 aliphatic rings. The fourth-order valence-electron chi connectivity index (χ4n) is 0.754. The van der Waals surface area contributed by atoms with Gasteiger partial charge in [0.05, 0.1) is 5.69 Å². The Morgan fingerprint density at radius 2 is 2.42 bits per heavy atom. The molecule has 3 nitrogen and oxygen atoms in total. The van der Waals surface area contributed by atoms with Crippen molar-refractivity contribution in [1.82, 2.24) is 9.97 Å². The number of nitrogens with zero attached hydrogens (tertiary/aromatic N) is 1. The summed E-state index contributed by atoms with van der Waals surface area (Å²) in [4.78, 5) is 17.3. The lowest BCUT2D eigenvalue weighted by Gasteiger charge is -2.01. The number of nitrogens with one attached hydrogen (secondary N) is 1. The average Bonchev–Trinajstić information content (AvgIpc) is 2.03. The van der Waals surface area contributed by atoms with Gasteiger partial charge in [0.2, 0.25) is 0 Å². The van der Waals surface area contributed by atoms with E-state index in [1.54, 1.807) is 6.26 Å². The first kappa shape index (κ1) is 9.25. The minimum Gasteiger partial charge on any atom is -0.301 e. The van der Waals surface area contributed by atoms with Crippen molar-refractivity contribution in [2.75, 3.05) is 6.26 Å². The van der Waals surface area contributed by atoms with Crippen LogP contribution in [0.25, 0.3) is 0 Å². The number of rotatable bonds is 2. The van der Waals surface area contributed by atoms with E-state index < -0.39 is 6.17 Å². The number of H-pyrrole nitrogens is 1. The van der Waals surface area contributed by atoms with Crippen LogP contribution in [0, 0.1) is 0 Å². The van der Waals surface area contributed by atoms with E-state index in [4.69, 9.17) is 0 Å². The van der Waals surface area contributed by atoms with Crippen LogP contribution in [0.3, 0.4) is 0 Å². The zero-order valence-electron chi connectivity index (χ0n) is 6.80. The van der Waals surface area contributed by atoms with Crippen molar-refractivity contribution < 1.29 is 4.39 Å². The van der Waals surface area contributed by atoms with Crippen molar-refractivity contribution in [2.45, 2.75) is 18.3 Å². The molecule has 1 unspecified atom stereocenters. The van der Waals surface area contributed by atoms with Gasteiger partial charge >= 0.3 is 0 Å². The molecule has 1 rings (SSSR count). The molecule has 0 bridgehead atoms. The third-order valence-corrected chi connectivity index (χ3v) is 1.92. The minimum absolute atomic E-state index is 0.183. The van der Waals surface area contributed by atoms with E-state index in [9.17, 15) is 9.18 Å². The summed E-state index contributed by atoms with van der Waals surface area (Å²) in [5.41, 5.74) is -0.128. The molecule has 1 heterocycles. The van der Waals surface area contributed by atoms with Gasteiger partial charge in [-0.15, -0.1) is 0 Å². The van der Waals surface area contributed by atoms with Crippen molar-refractivity contribution in [1.29, 1.82) is 0 Å². The van der Waals surface area contributed by atoms with E-state index in [1.165, 1.54) is 24.8 Å². The van der Waals surface area contributed by atoms with Gasteiger partial charge < -0.3 is 4.98 Å². The highest BCUT2D eigenvalue weighted by Gasteiger charge is 2.06. The highest BCUT2D eigenvalue weighted by atomic mass is 32.2. The molecule has 0 aromatic carbocycles. The van der Waals surface area contributed by atoms with E-state index in [1.807, 2.05) is 0 Å². The second-order valence-corrected chi connectivity index (χ2v) is 3.09. The van der Waals surface area contributed by atoms with Crippen LogP contribution in [0.5, 0.6) is 0 Å². The van der Waals surface area contributed by atoms with Gasteiger partial charge in [0.1, 0.15) is 6.17 Å². The Kier molecular flexibility index (Phi) is 2.86. The van der Waals surface area contributed by atoms with Crippen molar-refractivity contribution in [3.63, 3.8) is 0 Å². The summed E-state index contributed by atoms with van der Waals surface area (Å²) in [6, 6.07) is 1.17. The molecule has 12 heavy (non-hydrogen) atoms. The largest absolute Gasteiger partial charge is 0.301 e. The maximum Gasteiger partial charge on any atom is 0.251 e. The van der Waals surface area contributed by atoms with Crippen LogP contribution < -0.4 is 5.56 Å². The van der Waals surface area contributed by atoms with Gasteiger partial charge in [-0.2, -0.15) is 0 Å². The van der Waals surface area contributed by atoms with E-state index in [2.05, 4.69) is 9.97 Å². The molecule has 1 atom stereocenters. The number of hydrogen-bond donors (Lipinski definition) is 1. The lowest BCUT2D eigenvalue weighted by atomic mass is 10.3. The topological polar surface area (TPSA) is 45.8 Å². The van der Waals surface area contributed by atoms with Crippen LogP contribution in [-0.4, -0.2) is 16.2 Å². The molecule has 0 saturated heterocycles. The molecule has 0 amide bonds. The smallest absolute Gasteiger partial charge is 0.251 e. The molecular formula is C7H9FN2OS. The number of alkyl halides is 1. The third-order valence-electron chi connectivity index (χ3n) is 1.34. The summed E-state index contributed by atoms with van der Waals surface area (Å²) in [7, 11) is 0. The van der Waals surface area contributed by atoms with Crippen LogP contribution in [0.15, 0.2) is 16.0 Å². The first-order valence-corrected chi connectivity index (χ1v) is 4.65. The zero-order valence-corrected chi connectivity index (χ0v) is 7.61. The van der Waals surface area contributed by atoms with Crippen LogP contribution >= 0.6 is 11.8 Å². The summed E-state index contributed by atoms with van der Waals surface area (Å²) in [5.74, 6) is 0. The van der Waals surface area contributed by atoms with Gasteiger partial charge in [0.15, 0.2) is 5.16 Å². The van der Waals surface area contributed by atoms with Gasteiger partial charge in [-0.1, -0.05) is 11.8 Å². The third kappa shape index (κ3) is 2.07. The van der Waals surface area contributed by atoms with Crippen molar-refractivity contribution in [3.05, 3.63) is 22.1 Å². The van der Waals surface area contributed by atoms with Gasteiger partial charge in [0, 0.05) is 6.07 Å². The Morgan fingerprint density at radius 3 is 2.92 bits per heavy atom. The average molecular weight is 188 g/mol. The Balaban J connectivity index is 3.15.